The molecule has 0 saturated heterocycles. The molecule has 0 saturated carbocycles. The molecule has 0 aromatic heterocycles. The molecule has 0 fully saturated rings. The summed E-state index contributed by atoms with van der Waals surface area (Å²) in [6.45, 7) is 1.50. The molecule has 3 heteroatoms. The Hall–Kier alpha value is -1.64. The molecule has 0 radical (unpaired) electrons. The minimum absolute atomic E-state index is 0.198. The number of allylic oxidation sites excluding steroid dienone is 2. The maximum absolute atomic E-state index is 10.3. The molecule has 0 spiro atoms. The van der Waals surface area contributed by atoms with Gasteiger partial charge in [-0.15, -0.1) is 0 Å². The number of rotatable bonds is 3. The first-order valence-corrected chi connectivity index (χ1v) is 4.05. The number of hydrogen-bond acceptors (Lipinski definition) is 2. The fourth-order valence-corrected chi connectivity index (χ4v) is 0.954. The summed E-state index contributed by atoms with van der Waals surface area (Å²) >= 11 is 0. The third kappa shape index (κ3) is 3.07. The van der Waals surface area contributed by atoms with Crippen molar-refractivity contribution in [1.82, 2.24) is 0 Å². The van der Waals surface area contributed by atoms with E-state index in [0.717, 1.165) is 5.56 Å². The van der Waals surface area contributed by atoms with Gasteiger partial charge in [0.05, 0.1) is 4.92 Å². The van der Waals surface area contributed by atoms with Crippen LogP contribution >= 0.6 is 0 Å². The van der Waals surface area contributed by atoms with Crippen LogP contribution in [0.2, 0.25) is 0 Å². The minimum Gasteiger partial charge on any atom is -0.259 e. The average Bonchev–Trinajstić information content (AvgIpc) is 2.15. The minimum atomic E-state index is -0.372. The van der Waals surface area contributed by atoms with Crippen molar-refractivity contribution in [3.05, 3.63) is 57.8 Å². The van der Waals surface area contributed by atoms with Crippen molar-refractivity contribution in [2.24, 2.45) is 0 Å². The molecule has 0 atom stereocenters. The van der Waals surface area contributed by atoms with Gasteiger partial charge in [-0.3, -0.25) is 10.1 Å². The van der Waals surface area contributed by atoms with Gasteiger partial charge in [0.15, 0.2) is 0 Å². The zero-order chi connectivity index (χ0) is 9.68. The van der Waals surface area contributed by atoms with E-state index in [1.165, 1.54) is 6.92 Å². The van der Waals surface area contributed by atoms with Gasteiger partial charge in [0.25, 0.3) is 0 Å². The van der Waals surface area contributed by atoms with Gasteiger partial charge in [-0.05, 0) is 18.1 Å². The van der Waals surface area contributed by atoms with Gasteiger partial charge in [0.1, 0.15) is 0 Å². The van der Waals surface area contributed by atoms with Gasteiger partial charge >= 0.3 is 0 Å². The van der Waals surface area contributed by atoms with Gasteiger partial charge in [0, 0.05) is 6.92 Å². The predicted molar refractivity (Wildman–Crippen MR) is 50.9 cm³/mol. The Bertz CT molecular complexity index is 317. The topological polar surface area (TPSA) is 43.1 Å². The third-order valence-electron chi connectivity index (χ3n) is 1.76. The molecular weight excluding hydrogens is 166 g/mol. The van der Waals surface area contributed by atoms with Crippen molar-refractivity contribution >= 4 is 0 Å². The molecule has 0 heterocycles. The summed E-state index contributed by atoms with van der Waals surface area (Å²) in [5, 5.41) is 10.3. The lowest BCUT2D eigenvalue weighted by atomic mass is 10.1. The first kappa shape index (κ1) is 9.45. The summed E-state index contributed by atoms with van der Waals surface area (Å²) in [7, 11) is 0. The van der Waals surface area contributed by atoms with Crippen molar-refractivity contribution in [2.45, 2.75) is 13.3 Å². The zero-order valence-electron chi connectivity index (χ0n) is 7.43. The van der Waals surface area contributed by atoms with Crippen LogP contribution in [-0.2, 0) is 6.42 Å². The summed E-state index contributed by atoms with van der Waals surface area (Å²) in [6.07, 6.45) is 2.24. The smallest absolute Gasteiger partial charge is 0.239 e. The molecule has 0 bridgehead atoms. The second-order valence-corrected chi connectivity index (χ2v) is 2.79. The molecule has 1 aromatic rings. The lowest BCUT2D eigenvalue weighted by Crippen LogP contribution is -1.94. The number of nitro groups is 1. The maximum Gasteiger partial charge on any atom is 0.239 e. The van der Waals surface area contributed by atoms with E-state index in [1.54, 1.807) is 6.08 Å². The maximum atomic E-state index is 10.3. The second-order valence-electron chi connectivity index (χ2n) is 2.79. The Morgan fingerprint density at radius 2 is 2.08 bits per heavy atom. The fourth-order valence-electron chi connectivity index (χ4n) is 0.954. The van der Waals surface area contributed by atoms with Crippen molar-refractivity contribution in [3.8, 4) is 0 Å². The molecule has 13 heavy (non-hydrogen) atoms. The normalized spacial score (nSPS) is 11.3. The Morgan fingerprint density at radius 1 is 1.46 bits per heavy atom. The highest BCUT2D eigenvalue weighted by molar-refractivity contribution is 5.17. The van der Waals surface area contributed by atoms with Crippen LogP contribution in [0.5, 0.6) is 0 Å². The molecule has 0 unspecified atom stereocenters. The second kappa shape index (κ2) is 4.40. The van der Waals surface area contributed by atoms with Gasteiger partial charge in [-0.2, -0.15) is 0 Å². The lowest BCUT2D eigenvalue weighted by Gasteiger charge is -1.94. The van der Waals surface area contributed by atoms with Crippen molar-refractivity contribution in [3.63, 3.8) is 0 Å². The van der Waals surface area contributed by atoms with Gasteiger partial charge in [-0.25, -0.2) is 0 Å². The SMILES string of the molecule is CC(=CCc1ccccc1)[N+](=O)[O-]. The van der Waals surface area contributed by atoms with E-state index in [2.05, 4.69) is 0 Å². The third-order valence-corrected chi connectivity index (χ3v) is 1.76. The predicted octanol–water partition coefficient (Wildman–Crippen LogP) is 2.41. The first-order chi connectivity index (χ1) is 6.20. The fraction of sp³-hybridized carbons (Fsp3) is 0.200. The summed E-state index contributed by atoms with van der Waals surface area (Å²) < 4.78 is 0. The monoisotopic (exact) mass is 177 g/mol. The van der Waals surface area contributed by atoms with Crippen LogP contribution in [0.4, 0.5) is 0 Å². The Balaban J connectivity index is 2.62. The highest BCUT2D eigenvalue weighted by Crippen LogP contribution is 2.02. The van der Waals surface area contributed by atoms with Crippen molar-refractivity contribution in [2.75, 3.05) is 0 Å². The highest BCUT2D eigenvalue weighted by atomic mass is 16.6. The van der Waals surface area contributed by atoms with E-state index >= 15 is 0 Å². The number of nitrogens with zero attached hydrogens (tertiary/aromatic N) is 1. The summed E-state index contributed by atoms with van der Waals surface area (Å²) in [5.74, 6) is 0. The van der Waals surface area contributed by atoms with Crippen LogP contribution in [0.3, 0.4) is 0 Å². The summed E-state index contributed by atoms with van der Waals surface area (Å²) in [5.41, 5.74) is 1.28. The van der Waals surface area contributed by atoms with Crippen LogP contribution in [0.1, 0.15) is 12.5 Å². The van der Waals surface area contributed by atoms with E-state index in [-0.39, 0.29) is 10.6 Å². The van der Waals surface area contributed by atoms with Crippen LogP contribution in [0.25, 0.3) is 0 Å². The van der Waals surface area contributed by atoms with Crippen molar-refractivity contribution < 1.29 is 4.92 Å². The van der Waals surface area contributed by atoms with Crippen LogP contribution in [0.15, 0.2) is 42.1 Å². The van der Waals surface area contributed by atoms with E-state index in [0.29, 0.717) is 6.42 Å². The van der Waals surface area contributed by atoms with E-state index < -0.39 is 0 Å². The van der Waals surface area contributed by atoms with Crippen LogP contribution in [0, 0.1) is 10.1 Å². The lowest BCUT2D eigenvalue weighted by molar-refractivity contribution is -0.424. The zero-order valence-corrected chi connectivity index (χ0v) is 7.43. The molecule has 0 aliphatic rings. The number of benzene rings is 1. The molecule has 0 amide bonds. The molecule has 68 valence electrons. The Kier molecular flexibility index (Phi) is 3.20. The number of hydrogen-bond donors (Lipinski definition) is 0. The molecular formula is C10H11NO2. The average molecular weight is 177 g/mol. The van der Waals surface area contributed by atoms with Gasteiger partial charge < -0.3 is 0 Å². The van der Waals surface area contributed by atoms with E-state index in [1.807, 2.05) is 30.3 Å². The summed E-state index contributed by atoms with van der Waals surface area (Å²) in [4.78, 5) is 9.89. The molecule has 1 aromatic carbocycles. The van der Waals surface area contributed by atoms with E-state index in [9.17, 15) is 10.1 Å². The molecule has 1 rings (SSSR count). The molecule has 0 aliphatic heterocycles. The van der Waals surface area contributed by atoms with Crippen LogP contribution in [-0.4, -0.2) is 4.92 Å². The van der Waals surface area contributed by atoms with Gasteiger partial charge in [-0.1, -0.05) is 30.3 Å². The molecule has 3 nitrogen and oxygen atoms in total. The Labute approximate surface area is 76.9 Å². The van der Waals surface area contributed by atoms with Crippen LogP contribution < -0.4 is 0 Å². The first-order valence-electron chi connectivity index (χ1n) is 4.05. The van der Waals surface area contributed by atoms with E-state index in [4.69, 9.17) is 0 Å². The quantitative estimate of drug-likeness (QED) is 0.525. The van der Waals surface area contributed by atoms with Crippen molar-refractivity contribution in [1.29, 1.82) is 0 Å². The molecule has 0 N–H and O–H groups in total. The standard InChI is InChI=1S/C10H11NO2/c1-9(11(12)13)7-8-10-5-3-2-4-6-10/h2-7H,8H2,1H3. The summed E-state index contributed by atoms with van der Waals surface area (Å²) in [6, 6.07) is 9.66. The highest BCUT2D eigenvalue weighted by Gasteiger charge is 1.99. The molecule has 0 aliphatic carbocycles. The largest absolute Gasteiger partial charge is 0.259 e. The van der Waals surface area contributed by atoms with Gasteiger partial charge in [0.2, 0.25) is 5.70 Å². The Morgan fingerprint density at radius 3 is 2.62 bits per heavy atom.